The van der Waals surface area contributed by atoms with Crippen LogP contribution in [0.15, 0.2) is 23.2 Å². The molecule has 0 aliphatic heterocycles. The van der Waals surface area contributed by atoms with Crippen molar-refractivity contribution in [2.75, 3.05) is 0 Å². The van der Waals surface area contributed by atoms with E-state index >= 15 is 0 Å². The summed E-state index contributed by atoms with van der Waals surface area (Å²) in [5.41, 5.74) is 0.911. The summed E-state index contributed by atoms with van der Waals surface area (Å²) in [6.07, 6.45) is 0. The number of aromatic amines is 1. The van der Waals surface area contributed by atoms with Gasteiger partial charge in [0.2, 0.25) is 0 Å². The Balaban J connectivity index is 2.09. The lowest BCUT2D eigenvalue weighted by Crippen LogP contribution is -1.98. The van der Waals surface area contributed by atoms with Crippen LogP contribution in [0.25, 0.3) is 0 Å². The number of thioether (sulfide) groups is 1. The second-order valence-electron chi connectivity index (χ2n) is 3.33. The minimum Gasteiger partial charge on any atom is -0.476 e. The van der Waals surface area contributed by atoms with Crippen LogP contribution in [0.4, 0.5) is 0 Å². The Morgan fingerprint density at radius 3 is 2.83 bits per heavy atom. The summed E-state index contributed by atoms with van der Waals surface area (Å²) >= 11 is 13.0. The summed E-state index contributed by atoms with van der Waals surface area (Å²) in [5, 5.41) is 19.7. The lowest BCUT2D eigenvalue weighted by molar-refractivity contribution is 0.0686. The lowest BCUT2D eigenvalue weighted by atomic mass is 10.2. The molecule has 1 aromatic heterocycles. The van der Waals surface area contributed by atoms with Crippen LogP contribution in [0.5, 0.6) is 0 Å². The molecule has 0 saturated heterocycles. The van der Waals surface area contributed by atoms with Crippen molar-refractivity contribution in [2.24, 2.45) is 0 Å². The van der Waals surface area contributed by atoms with Gasteiger partial charge in [-0.05, 0) is 17.7 Å². The van der Waals surface area contributed by atoms with E-state index in [-0.39, 0.29) is 5.69 Å². The fourth-order valence-corrected chi connectivity index (χ4v) is 2.42. The van der Waals surface area contributed by atoms with E-state index in [9.17, 15) is 4.79 Å². The molecule has 0 aliphatic carbocycles. The van der Waals surface area contributed by atoms with E-state index in [1.165, 1.54) is 11.8 Å². The van der Waals surface area contributed by atoms with Crippen LogP contribution in [-0.2, 0) is 5.75 Å². The minimum atomic E-state index is -1.09. The molecular weight excluding hydrogens is 297 g/mol. The van der Waals surface area contributed by atoms with Gasteiger partial charge in [-0.1, -0.05) is 46.2 Å². The number of H-pyrrole nitrogens is 1. The molecule has 0 bridgehead atoms. The zero-order valence-electron chi connectivity index (χ0n) is 8.85. The van der Waals surface area contributed by atoms with E-state index in [0.717, 1.165) is 5.56 Å². The number of hydrogen-bond donors (Lipinski definition) is 2. The molecule has 1 heterocycles. The summed E-state index contributed by atoms with van der Waals surface area (Å²) in [5.74, 6) is -0.555. The Hall–Kier alpha value is -1.24. The van der Waals surface area contributed by atoms with Crippen LogP contribution in [0.1, 0.15) is 16.1 Å². The van der Waals surface area contributed by atoms with Crippen molar-refractivity contribution in [3.8, 4) is 0 Å². The van der Waals surface area contributed by atoms with Crippen LogP contribution >= 0.6 is 35.0 Å². The van der Waals surface area contributed by atoms with Crippen LogP contribution in [-0.4, -0.2) is 26.5 Å². The van der Waals surface area contributed by atoms with Gasteiger partial charge in [-0.15, -0.1) is 5.10 Å². The number of halogens is 2. The standard InChI is InChI=1S/C10H7Cl2N3O2S/c11-6-2-1-5(3-7(6)12)4-18-9-8(10(16)17)13-15-14-9/h1-3H,4H2,(H,16,17)(H,13,14,15). The molecule has 2 aromatic rings. The number of nitrogens with zero attached hydrogens (tertiary/aromatic N) is 2. The average Bonchev–Trinajstić information content (AvgIpc) is 2.79. The summed E-state index contributed by atoms with van der Waals surface area (Å²) in [7, 11) is 0. The molecule has 8 heteroatoms. The number of carboxylic acids is 1. The predicted molar refractivity (Wildman–Crippen MR) is 69.4 cm³/mol. The van der Waals surface area contributed by atoms with Crippen LogP contribution in [0, 0.1) is 0 Å². The van der Waals surface area contributed by atoms with Crippen molar-refractivity contribution in [3.05, 3.63) is 39.5 Å². The van der Waals surface area contributed by atoms with Crippen LogP contribution in [0.2, 0.25) is 10.0 Å². The number of benzene rings is 1. The zero-order valence-corrected chi connectivity index (χ0v) is 11.2. The van der Waals surface area contributed by atoms with Gasteiger partial charge in [-0.25, -0.2) is 4.79 Å². The monoisotopic (exact) mass is 303 g/mol. The molecule has 1 aromatic carbocycles. The number of rotatable bonds is 4. The third kappa shape index (κ3) is 2.95. The van der Waals surface area contributed by atoms with Crippen molar-refractivity contribution in [1.29, 1.82) is 0 Å². The quantitative estimate of drug-likeness (QED) is 0.849. The normalized spacial score (nSPS) is 10.6. The Morgan fingerprint density at radius 1 is 1.39 bits per heavy atom. The van der Waals surface area contributed by atoms with Crippen molar-refractivity contribution in [2.45, 2.75) is 10.8 Å². The summed E-state index contributed by atoms with van der Waals surface area (Å²) < 4.78 is 0. The van der Waals surface area contributed by atoms with Gasteiger partial charge in [0.05, 0.1) is 10.0 Å². The van der Waals surface area contributed by atoms with Gasteiger partial charge >= 0.3 is 5.97 Å². The number of aromatic carboxylic acids is 1. The third-order valence-corrected chi connectivity index (χ3v) is 3.87. The zero-order chi connectivity index (χ0) is 13.1. The van der Waals surface area contributed by atoms with E-state index in [4.69, 9.17) is 28.3 Å². The highest BCUT2D eigenvalue weighted by molar-refractivity contribution is 7.98. The second-order valence-corrected chi connectivity index (χ2v) is 5.11. The Morgan fingerprint density at radius 2 is 2.17 bits per heavy atom. The summed E-state index contributed by atoms with van der Waals surface area (Å²) in [4.78, 5) is 10.8. The van der Waals surface area contributed by atoms with E-state index in [2.05, 4.69) is 15.4 Å². The van der Waals surface area contributed by atoms with Crippen molar-refractivity contribution in [1.82, 2.24) is 15.4 Å². The molecule has 18 heavy (non-hydrogen) atoms. The van der Waals surface area contributed by atoms with Gasteiger partial charge in [0.1, 0.15) is 0 Å². The van der Waals surface area contributed by atoms with E-state index in [1.807, 2.05) is 6.07 Å². The molecule has 0 fully saturated rings. The number of hydrogen-bond acceptors (Lipinski definition) is 4. The Kier molecular flexibility index (Phi) is 4.11. The highest BCUT2D eigenvalue weighted by Crippen LogP contribution is 2.27. The number of carbonyl (C=O) groups is 1. The highest BCUT2D eigenvalue weighted by Gasteiger charge is 2.14. The maximum absolute atomic E-state index is 10.8. The summed E-state index contributed by atoms with van der Waals surface area (Å²) in [6.45, 7) is 0. The number of aromatic nitrogens is 3. The van der Waals surface area contributed by atoms with Gasteiger partial charge in [0.25, 0.3) is 0 Å². The Bertz CT molecular complexity index is 588. The van der Waals surface area contributed by atoms with E-state index < -0.39 is 5.97 Å². The molecule has 0 saturated carbocycles. The molecule has 0 unspecified atom stereocenters. The van der Waals surface area contributed by atoms with E-state index in [0.29, 0.717) is 20.8 Å². The third-order valence-electron chi connectivity index (χ3n) is 2.09. The minimum absolute atomic E-state index is 0.0138. The van der Waals surface area contributed by atoms with Crippen molar-refractivity contribution >= 4 is 40.9 Å². The first-order valence-electron chi connectivity index (χ1n) is 4.79. The van der Waals surface area contributed by atoms with E-state index in [1.54, 1.807) is 12.1 Å². The molecule has 0 radical (unpaired) electrons. The fraction of sp³-hybridized carbons (Fsp3) is 0.100. The molecule has 0 amide bonds. The van der Waals surface area contributed by atoms with Gasteiger partial charge in [0.15, 0.2) is 10.7 Å². The smallest absolute Gasteiger partial charge is 0.356 e. The maximum atomic E-state index is 10.8. The molecule has 2 rings (SSSR count). The second kappa shape index (κ2) is 5.60. The number of nitrogens with one attached hydrogen (secondary N) is 1. The first-order chi connectivity index (χ1) is 8.58. The van der Waals surface area contributed by atoms with Crippen molar-refractivity contribution in [3.63, 3.8) is 0 Å². The lowest BCUT2D eigenvalue weighted by Gasteiger charge is -2.02. The fourth-order valence-electron chi connectivity index (χ4n) is 1.24. The molecule has 0 spiro atoms. The molecule has 5 nitrogen and oxygen atoms in total. The SMILES string of the molecule is O=C(O)c1[nH]nnc1SCc1ccc(Cl)c(Cl)c1. The molecule has 94 valence electrons. The largest absolute Gasteiger partial charge is 0.476 e. The van der Waals surface area contributed by atoms with Crippen molar-refractivity contribution < 1.29 is 9.90 Å². The summed E-state index contributed by atoms with van der Waals surface area (Å²) in [6, 6.07) is 5.25. The first kappa shape index (κ1) is 13.2. The van der Waals surface area contributed by atoms with Crippen LogP contribution in [0.3, 0.4) is 0 Å². The van der Waals surface area contributed by atoms with Gasteiger partial charge < -0.3 is 5.11 Å². The molecule has 0 atom stereocenters. The molecular formula is C10H7Cl2N3O2S. The van der Waals surface area contributed by atoms with Gasteiger partial charge in [0, 0.05) is 5.75 Å². The average molecular weight is 304 g/mol. The molecule has 0 aliphatic rings. The first-order valence-corrected chi connectivity index (χ1v) is 6.53. The molecule has 2 N–H and O–H groups in total. The Labute approximate surface area is 116 Å². The topological polar surface area (TPSA) is 78.9 Å². The van der Waals surface area contributed by atoms with Crippen LogP contribution < -0.4 is 0 Å². The maximum Gasteiger partial charge on any atom is 0.356 e. The highest BCUT2D eigenvalue weighted by atomic mass is 35.5. The van der Waals surface area contributed by atoms with Gasteiger partial charge in [-0.3, -0.25) is 5.10 Å². The number of carboxylic acid groups (broad SMARTS) is 1. The predicted octanol–water partition coefficient (Wildman–Crippen LogP) is 3.10. The van der Waals surface area contributed by atoms with Gasteiger partial charge in [-0.2, -0.15) is 0 Å².